The SMILES string of the molecule is CN(C)c1c(NCCCOc2ccc3c(C4CCNCC4)ncnc3c2)c(=O)c1=O. The fraction of sp³-hybridized carbons (Fsp3) is 0.455. The highest BCUT2D eigenvalue weighted by Crippen LogP contribution is 2.30. The van der Waals surface area contributed by atoms with Gasteiger partial charge in [0.1, 0.15) is 23.5 Å². The zero-order valence-corrected chi connectivity index (χ0v) is 17.4. The van der Waals surface area contributed by atoms with Crippen molar-refractivity contribution < 1.29 is 4.74 Å². The lowest BCUT2D eigenvalue weighted by molar-refractivity contribution is 0.315. The predicted molar refractivity (Wildman–Crippen MR) is 119 cm³/mol. The van der Waals surface area contributed by atoms with E-state index in [9.17, 15) is 9.59 Å². The van der Waals surface area contributed by atoms with Gasteiger partial charge in [-0.25, -0.2) is 9.97 Å². The molecule has 0 radical (unpaired) electrons. The van der Waals surface area contributed by atoms with E-state index < -0.39 is 10.9 Å². The molecule has 8 heteroatoms. The van der Waals surface area contributed by atoms with Gasteiger partial charge in [-0.1, -0.05) is 0 Å². The molecule has 1 aliphatic heterocycles. The van der Waals surface area contributed by atoms with Crippen LogP contribution in [0, 0.1) is 0 Å². The second-order valence-corrected chi connectivity index (χ2v) is 7.87. The molecule has 158 valence electrons. The van der Waals surface area contributed by atoms with E-state index >= 15 is 0 Å². The third kappa shape index (κ3) is 4.00. The largest absolute Gasteiger partial charge is 0.493 e. The molecular weight excluding hydrogens is 382 g/mol. The fourth-order valence-electron chi connectivity index (χ4n) is 4.01. The van der Waals surface area contributed by atoms with Gasteiger partial charge in [-0.2, -0.15) is 0 Å². The van der Waals surface area contributed by atoms with E-state index in [0.29, 0.717) is 36.9 Å². The van der Waals surface area contributed by atoms with Crippen molar-refractivity contribution in [2.45, 2.75) is 25.2 Å². The quantitative estimate of drug-likeness (QED) is 0.428. The summed E-state index contributed by atoms with van der Waals surface area (Å²) in [5, 5.41) is 7.54. The van der Waals surface area contributed by atoms with Crippen molar-refractivity contribution in [3.8, 4) is 5.75 Å². The van der Waals surface area contributed by atoms with E-state index in [4.69, 9.17) is 4.74 Å². The molecule has 1 aromatic heterocycles. The Kier molecular flexibility index (Phi) is 5.94. The first-order chi connectivity index (χ1) is 14.6. The first kappa shape index (κ1) is 20.3. The molecule has 0 bridgehead atoms. The van der Waals surface area contributed by atoms with E-state index in [1.807, 2.05) is 18.2 Å². The number of nitrogens with one attached hydrogen (secondary N) is 2. The number of piperidine rings is 1. The Balaban J connectivity index is 1.33. The van der Waals surface area contributed by atoms with E-state index in [-0.39, 0.29) is 0 Å². The van der Waals surface area contributed by atoms with Crippen LogP contribution in [0.3, 0.4) is 0 Å². The summed E-state index contributed by atoms with van der Waals surface area (Å²) in [6, 6.07) is 5.97. The molecular formula is C22H27N5O3. The summed E-state index contributed by atoms with van der Waals surface area (Å²) in [5.41, 5.74) is 1.99. The average molecular weight is 409 g/mol. The topological polar surface area (TPSA) is 96.4 Å². The molecule has 0 aliphatic carbocycles. The van der Waals surface area contributed by atoms with E-state index in [1.54, 1.807) is 25.3 Å². The van der Waals surface area contributed by atoms with Gasteiger partial charge in [0.15, 0.2) is 0 Å². The van der Waals surface area contributed by atoms with Crippen LogP contribution in [0.1, 0.15) is 30.9 Å². The van der Waals surface area contributed by atoms with Gasteiger partial charge in [0, 0.05) is 38.0 Å². The number of ether oxygens (including phenoxy) is 1. The van der Waals surface area contributed by atoms with Crippen LogP contribution in [0.5, 0.6) is 5.75 Å². The number of fused-ring (bicyclic) bond motifs is 1. The number of benzene rings is 1. The van der Waals surface area contributed by atoms with Gasteiger partial charge in [-0.05, 0) is 44.5 Å². The number of rotatable bonds is 8. The Bertz CT molecular complexity index is 1100. The average Bonchev–Trinajstić information content (AvgIpc) is 2.77. The highest BCUT2D eigenvalue weighted by molar-refractivity contribution is 5.82. The monoisotopic (exact) mass is 409 g/mol. The number of hydrogen-bond acceptors (Lipinski definition) is 8. The van der Waals surface area contributed by atoms with E-state index in [2.05, 4.69) is 20.6 Å². The number of hydrogen-bond donors (Lipinski definition) is 2. The predicted octanol–water partition coefficient (Wildman–Crippen LogP) is 1.64. The molecule has 0 atom stereocenters. The molecule has 1 fully saturated rings. The molecule has 1 aliphatic rings. The molecule has 0 unspecified atom stereocenters. The Morgan fingerprint density at radius 1 is 1.17 bits per heavy atom. The van der Waals surface area contributed by atoms with E-state index in [0.717, 1.165) is 48.3 Å². The van der Waals surface area contributed by atoms with E-state index in [1.165, 1.54) is 0 Å². The Morgan fingerprint density at radius 2 is 1.97 bits per heavy atom. The van der Waals surface area contributed by atoms with Crippen molar-refractivity contribution in [2.75, 3.05) is 50.6 Å². The summed E-state index contributed by atoms with van der Waals surface area (Å²) in [6.45, 7) is 3.11. The molecule has 0 spiro atoms. The molecule has 0 saturated carbocycles. The Morgan fingerprint density at radius 3 is 2.73 bits per heavy atom. The maximum atomic E-state index is 11.7. The van der Waals surface area contributed by atoms with Crippen molar-refractivity contribution in [3.05, 3.63) is 50.7 Å². The second-order valence-electron chi connectivity index (χ2n) is 7.87. The van der Waals surface area contributed by atoms with Crippen LogP contribution >= 0.6 is 0 Å². The Hall–Kier alpha value is -3.00. The number of aromatic nitrogens is 2. The first-order valence-electron chi connectivity index (χ1n) is 10.4. The molecule has 30 heavy (non-hydrogen) atoms. The summed E-state index contributed by atoms with van der Waals surface area (Å²) in [4.78, 5) is 33.9. The summed E-state index contributed by atoms with van der Waals surface area (Å²) < 4.78 is 5.87. The van der Waals surface area contributed by atoms with Crippen molar-refractivity contribution in [1.82, 2.24) is 15.3 Å². The van der Waals surface area contributed by atoms with Crippen LogP contribution in [-0.2, 0) is 0 Å². The van der Waals surface area contributed by atoms with Crippen molar-refractivity contribution in [1.29, 1.82) is 0 Å². The van der Waals surface area contributed by atoms with Crippen molar-refractivity contribution in [2.24, 2.45) is 0 Å². The molecule has 3 aromatic rings. The standard InChI is InChI=1S/C22H27N5O3/c1-27(2)20-19(21(28)22(20)29)24-8-3-11-30-15-4-5-16-17(12-15)25-13-26-18(16)14-6-9-23-10-7-14/h4-5,12-14,23-24H,3,6-11H2,1-2H3. The second kappa shape index (κ2) is 8.79. The van der Waals surface area contributed by atoms with Crippen molar-refractivity contribution >= 4 is 22.3 Å². The minimum absolute atomic E-state index is 0.401. The number of anilines is 2. The van der Waals surface area contributed by atoms with Gasteiger partial charge < -0.3 is 20.3 Å². The van der Waals surface area contributed by atoms with Gasteiger partial charge in [0.2, 0.25) is 0 Å². The minimum Gasteiger partial charge on any atom is -0.493 e. The van der Waals surface area contributed by atoms with Gasteiger partial charge in [0.25, 0.3) is 10.9 Å². The molecule has 2 heterocycles. The summed E-state index contributed by atoms with van der Waals surface area (Å²) in [7, 11) is 3.51. The van der Waals surface area contributed by atoms with Crippen molar-refractivity contribution in [3.63, 3.8) is 0 Å². The third-order valence-electron chi connectivity index (χ3n) is 5.59. The molecule has 4 rings (SSSR count). The lowest BCUT2D eigenvalue weighted by Crippen LogP contribution is -2.40. The summed E-state index contributed by atoms with van der Waals surface area (Å²) in [5.74, 6) is 1.23. The van der Waals surface area contributed by atoms with Crippen LogP contribution in [-0.4, -0.2) is 50.3 Å². The van der Waals surface area contributed by atoms with Crippen LogP contribution < -0.4 is 31.1 Å². The van der Waals surface area contributed by atoms with Crippen LogP contribution in [0.25, 0.3) is 10.9 Å². The van der Waals surface area contributed by atoms with Gasteiger partial charge in [-0.15, -0.1) is 0 Å². The highest BCUT2D eigenvalue weighted by atomic mass is 16.5. The van der Waals surface area contributed by atoms with Gasteiger partial charge >= 0.3 is 0 Å². The summed E-state index contributed by atoms with van der Waals surface area (Å²) in [6.07, 6.45) is 4.53. The lowest BCUT2D eigenvalue weighted by atomic mass is 9.92. The summed E-state index contributed by atoms with van der Waals surface area (Å²) >= 11 is 0. The lowest BCUT2D eigenvalue weighted by Gasteiger charge is -2.23. The molecule has 1 saturated heterocycles. The zero-order chi connectivity index (χ0) is 21.1. The molecule has 8 nitrogen and oxygen atoms in total. The molecule has 2 N–H and O–H groups in total. The fourth-order valence-corrected chi connectivity index (χ4v) is 4.01. The van der Waals surface area contributed by atoms with Crippen LogP contribution in [0.15, 0.2) is 34.1 Å². The Labute approximate surface area is 175 Å². The minimum atomic E-state index is -0.446. The maximum Gasteiger partial charge on any atom is 0.253 e. The maximum absolute atomic E-state index is 11.7. The first-order valence-corrected chi connectivity index (χ1v) is 10.4. The normalized spacial score (nSPS) is 14.9. The zero-order valence-electron chi connectivity index (χ0n) is 17.4. The smallest absolute Gasteiger partial charge is 0.253 e. The molecule has 2 aromatic carbocycles. The van der Waals surface area contributed by atoms with Gasteiger partial charge in [-0.3, -0.25) is 9.59 Å². The van der Waals surface area contributed by atoms with Crippen LogP contribution in [0.4, 0.5) is 11.4 Å². The third-order valence-corrected chi connectivity index (χ3v) is 5.59. The molecule has 0 amide bonds. The highest BCUT2D eigenvalue weighted by Gasteiger charge is 2.22. The van der Waals surface area contributed by atoms with Crippen LogP contribution in [0.2, 0.25) is 0 Å². The van der Waals surface area contributed by atoms with Gasteiger partial charge in [0.05, 0.1) is 17.8 Å². The number of nitrogens with zero attached hydrogens (tertiary/aromatic N) is 3.